The largest absolute Gasteiger partial charge is 0.493 e. The number of fused-ring (bicyclic) bond motifs is 1. The predicted molar refractivity (Wildman–Crippen MR) is 93.2 cm³/mol. The van der Waals surface area contributed by atoms with Gasteiger partial charge in [0.1, 0.15) is 6.54 Å². The van der Waals surface area contributed by atoms with Crippen molar-refractivity contribution in [3.05, 3.63) is 11.6 Å². The summed E-state index contributed by atoms with van der Waals surface area (Å²) in [6.45, 7) is 1.17. The molecular weight excluding hydrogens is 340 g/mol. The lowest BCUT2D eigenvalue weighted by atomic mass is 10.1. The molecule has 1 saturated heterocycles. The minimum atomic E-state index is -0.751. The number of carbonyl (C=O) groups is 3. The smallest absolute Gasteiger partial charge is 0.300 e. The molecule has 1 aromatic rings. The molecule has 2 aliphatic heterocycles. The van der Waals surface area contributed by atoms with Crippen molar-refractivity contribution < 1.29 is 28.6 Å². The SMILES string of the molecule is COc1cc2c(c(OC)c1OC)C(=O)C(=O)N2CC(=O)N1CCCCC1. The number of methoxy groups -OCH3 is 3. The van der Waals surface area contributed by atoms with Gasteiger partial charge in [-0.3, -0.25) is 19.3 Å². The Morgan fingerprint density at radius 1 is 1.00 bits per heavy atom. The van der Waals surface area contributed by atoms with E-state index in [0.717, 1.165) is 19.3 Å². The molecule has 0 bridgehead atoms. The van der Waals surface area contributed by atoms with Crippen LogP contribution in [0.5, 0.6) is 17.2 Å². The van der Waals surface area contributed by atoms with Crippen molar-refractivity contribution in [2.45, 2.75) is 19.3 Å². The van der Waals surface area contributed by atoms with Crippen LogP contribution < -0.4 is 19.1 Å². The Bertz CT molecular complexity index is 755. The maximum Gasteiger partial charge on any atom is 0.300 e. The second kappa shape index (κ2) is 7.23. The van der Waals surface area contributed by atoms with Crippen molar-refractivity contribution in [1.29, 1.82) is 0 Å². The minimum Gasteiger partial charge on any atom is -0.493 e. The van der Waals surface area contributed by atoms with Gasteiger partial charge in [-0.25, -0.2) is 0 Å². The number of amides is 2. The molecule has 0 N–H and O–H groups in total. The van der Waals surface area contributed by atoms with Crippen molar-refractivity contribution in [3.63, 3.8) is 0 Å². The Balaban J connectivity index is 1.99. The van der Waals surface area contributed by atoms with E-state index in [1.807, 2.05) is 0 Å². The number of Topliss-reactive ketones (excluding diaryl/α,β-unsaturated/α-hetero) is 1. The molecular formula is C18H22N2O6. The first-order chi connectivity index (χ1) is 12.5. The number of ether oxygens (including phenoxy) is 3. The third-order valence-corrected chi connectivity index (χ3v) is 4.77. The van der Waals surface area contributed by atoms with Gasteiger partial charge in [-0.05, 0) is 19.3 Å². The van der Waals surface area contributed by atoms with Crippen molar-refractivity contribution in [2.24, 2.45) is 0 Å². The van der Waals surface area contributed by atoms with Crippen LogP contribution in [0.3, 0.4) is 0 Å². The van der Waals surface area contributed by atoms with Crippen molar-refractivity contribution in [2.75, 3.05) is 45.9 Å². The number of piperidine rings is 1. The number of anilines is 1. The number of likely N-dealkylation sites (tertiary alicyclic amines) is 1. The number of ketones is 1. The molecule has 8 heteroatoms. The number of rotatable bonds is 5. The van der Waals surface area contributed by atoms with Gasteiger partial charge in [0.05, 0.1) is 32.6 Å². The van der Waals surface area contributed by atoms with Crippen LogP contribution in [0.2, 0.25) is 0 Å². The van der Waals surface area contributed by atoms with Gasteiger partial charge in [-0.1, -0.05) is 0 Å². The van der Waals surface area contributed by atoms with Gasteiger partial charge in [0.25, 0.3) is 11.7 Å². The van der Waals surface area contributed by atoms with Gasteiger partial charge in [-0.15, -0.1) is 0 Å². The molecule has 0 aromatic heterocycles. The zero-order valence-corrected chi connectivity index (χ0v) is 15.2. The Kier molecular flexibility index (Phi) is 5.01. The van der Waals surface area contributed by atoms with E-state index in [1.54, 1.807) is 4.90 Å². The number of benzene rings is 1. The molecule has 8 nitrogen and oxygen atoms in total. The van der Waals surface area contributed by atoms with Gasteiger partial charge >= 0.3 is 0 Å². The Morgan fingerprint density at radius 3 is 2.23 bits per heavy atom. The standard InChI is InChI=1S/C18H22N2O6/c1-24-12-9-11-14(17(26-3)16(12)25-2)15(22)18(23)20(11)10-13(21)19-7-5-4-6-8-19/h9H,4-8,10H2,1-3H3. The van der Waals surface area contributed by atoms with E-state index in [1.165, 1.54) is 32.3 Å². The van der Waals surface area contributed by atoms with Crippen molar-refractivity contribution >= 4 is 23.3 Å². The second-order valence-electron chi connectivity index (χ2n) is 6.20. The molecule has 1 fully saturated rings. The van der Waals surface area contributed by atoms with E-state index in [0.29, 0.717) is 24.5 Å². The summed E-state index contributed by atoms with van der Waals surface area (Å²) in [7, 11) is 4.26. The normalized spacial score (nSPS) is 16.6. The highest BCUT2D eigenvalue weighted by Gasteiger charge is 2.42. The number of nitrogens with zero attached hydrogens (tertiary/aromatic N) is 2. The van der Waals surface area contributed by atoms with E-state index in [-0.39, 0.29) is 29.5 Å². The summed E-state index contributed by atoms with van der Waals surface area (Å²) in [4.78, 5) is 40.5. The highest BCUT2D eigenvalue weighted by molar-refractivity contribution is 6.53. The summed E-state index contributed by atoms with van der Waals surface area (Å²) < 4.78 is 15.9. The lowest BCUT2D eigenvalue weighted by molar-refractivity contribution is -0.131. The van der Waals surface area contributed by atoms with Gasteiger partial charge in [0.15, 0.2) is 11.5 Å². The first-order valence-electron chi connectivity index (χ1n) is 8.50. The van der Waals surface area contributed by atoms with E-state index in [9.17, 15) is 14.4 Å². The summed E-state index contributed by atoms with van der Waals surface area (Å²) in [5.41, 5.74) is 0.404. The Morgan fingerprint density at radius 2 is 1.65 bits per heavy atom. The first-order valence-corrected chi connectivity index (χ1v) is 8.50. The van der Waals surface area contributed by atoms with Gasteiger partial charge in [0, 0.05) is 19.2 Å². The van der Waals surface area contributed by atoms with Crippen molar-refractivity contribution in [1.82, 2.24) is 4.90 Å². The molecule has 26 heavy (non-hydrogen) atoms. The van der Waals surface area contributed by atoms with E-state index >= 15 is 0 Å². The maximum atomic E-state index is 12.6. The van der Waals surface area contributed by atoms with Gasteiger partial charge < -0.3 is 19.1 Å². The lowest BCUT2D eigenvalue weighted by Crippen LogP contribution is -2.44. The topological polar surface area (TPSA) is 85.4 Å². The minimum absolute atomic E-state index is 0.0987. The van der Waals surface area contributed by atoms with Crippen LogP contribution in [0, 0.1) is 0 Å². The fourth-order valence-corrected chi connectivity index (χ4v) is 3.45. The number of hydrogen-bond donors (Lipinski definition) is 0. The van der Waals surface area contributed by atoms with Crippen LogP contribution >= 0.6 is 0 Å². The van der Waals surface area contributed by atoms with Crippen LogP contribution in [-0.4, -0.2) is 63.5 Å². The van der Waals surface area contributed by atoms with Gasteiger partial charge in [-0.2, -0.15) is 0 Å². The summed E-state index contributed by atoms with van der Waals surface area (Å²) >= 11 is 0. The van der Waals surface area contributed by atoms with Crippen LogP contribution in [0.4, 0.5) is 5.69 Å². The molecule has 0 aliphatic carbocycles. The number of hydrogen-bond acceptors (Lipinski definition) is 6. The lowest BCUT2D eigenvalue weighted by Gasteiger charge is -2.28. The zero-order valence-electron chi connectivity index (χ0n) is 15.2. The van der Waals surface area contributed by atoms with Gasteiger partial charge in [0.2, 0.25) is 11.7 Å². The first kappa shape index (κ1) is 18.0. The third-order valence-electron chi connectivity index (χ3n) is 4.77. The molecule has 1 aromatic carbocycles. The molecule has 0 radical (unpaired) electrons. The average Bonchev–Trinajstić information content (AvgIpc) is 2.91. The fourth-order valence-electron chi connectivity index (χ4n) is 3.45. The highest BCUT2D eigenvalue weighted by atomic mass is 16.5. The molecule has 2 aliphatic rings. The van der Waals surface area contributed by atoms with E-state index in [4.69, 9.17) is 14.2 Å². The Labute approximate surface area is 151 Å². The predicted octanol–water partition coefficient (Wildman–Crippen LogP) is 1.25. The summed E-state index contributed by atoms with van der Waals surface area (Å²) in [5.74, 6) is -0.955. The van der Waals surface area contributed by atoms with Crippen molar-refractivity contribution in [3.8, 4) is 17.2 Å². The molecule has 0 atom stereocenters. The Hall–Kier alpha value is -2.77. The van der Waals surface area contributed by atoms with E-state index in [2.05, 4.69) is 0 Å². The van der Waals surface area contributed by atoms with Crippen LogP contribution in [0.25, 0.3) is 0 Å². The molecule has 0 spiro atoms. The van der Waals surface area contributed by atoms with Crippen LogP contribution in [-0.2, 0) is 9.59 Å². The monoisotopic (exact) mass is 362 g/mol. The molecule has 2 amide bonds. The molecule has 2 heterocycles. The third kappa shape index (κ3) is 2.85. The number of carbonyl (C=O) groups excluding carboxylic acids is 3. The fraction of sp³-hybridized carbons (Fsp3) is 0.500. The quantitative estimate of drug-likeness (QED) is 0.733. The van der Waals surface area contributed by atoms with E-state index < -0.39 is 11.7 Å². The summed E-state index contributed by atoms with van der Waals surface area (Å²) in [6, 6.07) is 1.53. The average molecular weight is 362 g/mol. The highest BCUT2D eigenvalue weighted by Crippen LogP contribution is 2.47. The van der Waals surface area contributed by atoms with Crippen LogP contribution in [0.15, 0.2) is 6.07 Å². The maximum absolute atomic E-state index is 12.6. The second-order valence-corrected chi connectivity index (χ2v) is 6.20. The molecule has 3 rings (SSSR count). The summed E-state index contributed by atoms with van der Waals surface area (Å²) in [6.07, 6.45) is 3.00. The molecule has 0 unspecified atom stereocenters. The zero-order chi connectivity index (χ0) is 18.8. The molecule has 140 valence electrons. The van der Waals surface area contributed by atoms with Crippen LogP contribution in [0.1, 0.15) is 29.6 Å². The molecule has 0 saturated carbocycles. The summed E-state index contributed by atoms with van der Waals surface area (Å²) in [5, 5.41) is 0.